The van der Waals surface area contributed by atoms with Gasteiger partial charge in [-0.3, -0.25) is 0 Å². The Hall–Kier alpha value is -1.16. The summed E-state index contributed by atoms with van der Waals surface area (Å²) in [6.07, 6.45) is 0.318. The van der Waals surface area contributed by atoms with E-state index in [1.165, 1.54) is 15.6 Å². The van der Waals surface area contributed by atoms with Gasteiger partial charge in [0.25, 0.3) is 0 Å². The van der Waals surface area contributed by atoms with Crippen LogP contribution in [0.4, 0.5) is 0 Å². The molecule has 86 valence electrons. The molecule has 0 fully saturated rings. The van der Waals surface area contributed by atoms with E-state index in [1.54, 1.807) is 22.7 Å². The molecule has 0 amide bonds. The third kappa shape index (κ3) is 2.27. The monoisotopic (exact) mass is 260 g/mol. The first-order valence-corrected chi connectivity index (χ1v) is 7.26. The van der Waals surface area contributed by atoms with Crippen LogP contribution in [0.5, 0.6) is 0 Å². The average molecular weight is 260 g/mol. The Balaban J connectivity index is 1.88. The molecule has 0 spiro atoms. The van der Waals surface area contributed by atoms with Crippen molar-refractivity contribution in [1.82, 2.24) is 0 Å². The summed E-state index contributed by atoms with van der Waals surface area (Å²) in [5.41, 5.74) is 1.21. The highest BCUT2D eigenvalue weighted by Crippen LogP contribution is 2.31. The second-order valence-corrected chi connectivity index (χ2v) is 5.93. The summed E-state index contributed by atoms with van der Waals surface area (Å²) >= 11 is 3.35. The lowest BCUT2D eigenvalue weighted by atomic mass is 10.1. The average Bonchev–Trinajstić information content (AvgIpc) is 2.96. The number of rotatable bonds is 3. The smallest absolute Gasteiger partial charge is 0.0922 e. The lowest BCUT2D eigenvalue weighted by Crippen LogP contribution is -1.97. The fraction of sp³-hybridized carbons (Fsp3) is 0.143. The van der Waals surface area contributed by atoms with E-state index in [4.69, 9.17) is 0 Å². The molecule has 1 nitrogen and oxygen atoms in total. The van der Waals surface area contributed by atoms with Crippen molar-refractivity contribution < 1.29 is 5.11 Å². The molecule has 0 radical (unpaired) electrons. The zero-order valence-corrected chi connectivity index (χ0v) is 10.8. The molecule has 0 saturated heterocycles. The lowest BCUT2D eigenvalue weighted by molar-refractivity contribution is 0.182. The van der Waals surface area contributed by atoms with Crippen molar-refractivity contribution in [2.24, 2.45) is 0 Å². The van der Waals surface area contributed by atoms with Gasteiger partial charge in [-0.2, -0.15) is 11.3 Å². The summed E-state index contributed by atoms with van der Waals surface area (Å²) in [5, 5.41) is 15.6. The fourth-order valence-corrected chi connectivity index (χ4v) is 3.63. The Morgan fingerprint density at radius 2 is 2.06 bits per heavy atom. The maximum atomic E-state index is 10.2. The molecule has 1 atom stereocenters. The molecule has 1 unspecified atom stereocenters. The molecular weight excluding hydrogens is 248 g/mol. The van der Waals surface area contributed by atoms with E-state index in [1.807, 2.05) is 17.5 Å². The van der Waals surface area contributed by atoms with Crippen LogP contribution in [0.1, 0.15) is 16.5 Å². The van der Waals surface area contributed by atoms with Crippen LogP contribution >= 0.6 is 22.7 Å². The molecule has 0 aliphatic heterocycles. The van der Waals surface area contributed by atoms with Gasteiger partial charge in [-0.15, -0.1) is 11.3 Å². The van der Waals surface area contributed by atoms with Crippen LogP contribution in [-0.4, -0.2) is 5.11 Å². The SMILES string of the molecule is OC(Cc1ccsc1)c1cc2ccccc2s1. The second kappa shape index (κ2) is 4.61. The van der Waals surface area contributed by atoms with Crippen LogP contribution in [0.15, 0.2) is 47.2 Å². The molecule has 3 heteroatoms. The zero-order valence-electron chi connectivity index (χ0n) is 9.17. The van der Waals surface area contributed by atoms with Crippen LogP contribution in [-0.2, 0) is 6.42 Å². The summed E-state index contributed by atoms with van der Waals surface area (Å²) in [5.74, 6) is 0. The Labute approximate surface area is 108 Å². The molecule has 2 aromatic heterocycles. The summed E-state index contributed by atoms with van der Waals surface area (Å²) in [6.45, 7) is 0. The molecule has 0 aliphatic carbocycles. The van der Waals surface area contributed by atoms with Crippen LogP contribution in [0.25, 0.3) is 10.1 Å². The van der Waals surface area contributed by atoms with Gasteiger partial charge in [-0.1, -0.05) is 18.2 Å². The standard InChI is InChI=1S/C14H12OS2/c15-12(7-10-5-6-16-9-10)14-8-11-3-1-2-4-13(11)17-14/h1-6,8-9,12,15H,7H2. The minimum Gasteiger partial charge on any atom is -0.387 e. The largest absolute Gasteiger partial charge is 0.387 e. The van der Waals surface area contributed by atoms with Gasteiger partial charge < -0.3 is 5.11 Å². The summed E-state index contributed by atoms with van der Waals surface area (Å²) in [6, 6.07) is 12.4. The highest BCUT2D eigenvalue weighted by molar-refractivity contribution is 7.19. The molecule has 0 saturated carbocycles. The van der Waals surface area contributed by atoms with E-state index in [-0.39, 0.29) is 6.10 Å². The van der Waals surface area contributed by atoms with Crippen molar-refractivity contribution >= 4 is 32.8 Å². The Kier molecular flexibility index (Phi) is 2.97. The third-order valence-corrected chi connectivity index (χ3v) is 4.73. The summed E-state index contributed by atoms with van der Waals surface area (Å²) in [4.78, 5) is 1.05. The van der Waals surface area contributed by atoms with Gasteiger partial charge in [-0.05, 0) is 39.9 Å². The highest BCUT2D eigenvalue weighted by atomic mass is 32.1. The number of fused-ring (bicyclic) bond motifs is 1. The Morgan fingerprint density at radius 3 is 2.82 bits per heavy atom. The zero-order chi connectivity index (χ0) is 11.7. The molecule has 2 heterocycles. The second-order valence-electron chi connectivity index (χ2n) is 4.04. The van der Waals surface area contributed by atoms with Crippen molar-refractivity contribution in [2.45, 2.75) is 12.5 Å². The predicted molar refractivity (Wildman–Crippen MR) is 74.8 cm³/mol. The van der Waals surface area contributed by atoms with E-state index < -0.39 is 0 Å². The van der Waals surface area contributed by atoms with Gasteiger partial charge in [0.15, 0.2) is 0 Å². The minimum atomic E-state index is -0.387. The molecule has 3 aromatic rings. The van der Waals surface area contributed by atoms with Crippen molar-refractivity contribution in [1.29, 1.82) is 0 Å². The Bertz CT molecular complexity index is 577. The van der Waals surface area contributed by atoms with Gasteiger partial charge in [0, 0.05) is 16.0 Å². The van der Waals surface area contributed by atoms with E-state index >= 15 is 0 Å². The van der Waals surface area contributed by atoms with Gasteiger partial charge in [0.05, 0.1) is 6.10 Å². The maximum absolute atomic E-state index is 10.2. The van der Waals surface area contributed by atoms with Gasteiger partial charge in [0.1, 0.15) is 0 Å². The topological polar surface area (TPSA) is 20.2 Å². The molecule has 3 rings (SSSR count). The van der Waals surface area contributed by atoms with E-state index in [2.05, 4.69) is 29.6 Å². The first kappa shape index (κ1) is 11.0. The van der Waals surface area contributed by atoms with E-state index in [0.29, 0.717) is 6.42 Å². The molecule has 17 heavy (non-hydrogen) atoms. The Morgan fingerprint density at radius 1 is 1.18 bits per heavy atom. The normalized spacial score (nSPS) is 13.0. The van der Waals surface area contributed by atoms with Crippen LogP contribution < -0.4 is 0 Å². The highest BCUT2D eigenvalue weighted by Gasteiger charge is 2.12. The number of thiophene rings is 2. The molecule has 1 N–H and O–H groups in total. The van der Waals surface area contributed by atoms with Crippen LogP contribution in [0.2, 0.25) is 0 Å². The molecule has 0 aliphatic rings. The first-order valence-electron chi connectivity index (χ1n) is 5.50. The molecular formula is C14H12OS2. The number of hydrogen-bond acceptors (Lipinski definition) is 3. The maximum Gasteiger partial charge on any atom is 0.0922 e. The van der Waals surface area contributed by atoms with Crippen molar-refractivity contribution in [2.75, 3.05) is 0 Å². The van der Waals surface area contributed by atoms with Crippen molar-refractivity contribution in [3.63, 3.8) is 0 Å². The third-order valence-electron chi connectivity index (χ3n) is 2.78. The van der Waals surface area contributed by atoms with Gasteiger partial charge in [0.2, 0.25) is 0 Å². The van der Waals surface area contributed by atoms with Crippen molar-refractivity contribution in [3.05, 3.63) is 57.6 Å². The predicted octanol–water partition coefficient (Wildman–Crippen LogP) is 4.24. The van der Waals surface area contributed by atoms with Gasteiger partial charge >= 0.3 is 0 Å². The summed E-state index contributed by atoms with van der Waals surface area (Å²) in [7, 11) is 0. The minimum absolute atomic E-state index is 0.387. The molecule has 0 bridgehead atoms. The van der Waals surface area contributed by atoms with Crippen LogP contribution in [0.3, 0.4) is 0 Å². The number of hydrogen-bond donors (Lipinski definition) is 1. The lowest BCUT2D eigenvalue weighted by Gasteiger charge is -2.05. The first-order chi connectivity index (χ1) is 8.33. The van der Waals surface area contributed by atoms with Crippen LogP contribution in [0, 0.1) is 0 Å². The number of aliphatic hydroxyl groups is 1. The summed E-state index contributed by atoms with van der Waals surface area (Å²) < 4.78 is 1.24. The van der Waals surface area contributed by atoms with E-state index in [9.17, 15) is 5.11 Å². The number of aliphatic hydroxyl groups excluding tert-OH is 1. The quantitative estimate of drug-likeness (QED) is 0.747. The van der Waals surface area contributed by atoms with Crippen molar-refractivity contribution in [3.8, 4) is 0 Å². The van der Waals surface area contributed by atoms with Gasteiger partial charge in [-0.25, -0.2) is 0 Å². The number of benzene rings is 1. The fourth-order valence-electron chi connectivity index (χ4n) is 1.90. The van der Waals surface area contributed by atoms with E-state index in [0.717, 1.165) is 4.88 Å². The molecule has 1 aromatic carbocycles.